The van der Waals surface area contributed by atoms with Crippen molar-refractivity contribution in [2.24, 2.45) is 7.05 Å². The zero-order valence-electron chi connectivity index (χ0n) is 11.9. The predicted molar refractivity (Wildman–Crippen MR) is 70.2 cm³/mol. The number of aromatic nitrogens is 1. The van der Waals surface area contributed by atoms with E-state index in [0.717, 1.165) is 0 Å². The van der Waals surface area contributed by atoms with Gasteiger partial charge in [-0.05, 0) is 39.8 Å². The molecule has 0 saturated carbocycles. The molecule has 19 heavy (non-hydrogen) atoms. The molecule has 0 aliphatic carbocycles. The summed E-state index contributed by atoms with van der Waals surface area (Å²) < 4.78 is 6.68. The number of rotatable bonds is 3. The van der Waals surface area contributed by atoms with Gasteiger partial charge in [-0.3, -0.25) is 0 Å². The van der Waals surface area contributed by atoms with Crippen LogP contribution in [0, 0.1) is 0 Å². The van der Waals surface area contributed by atoms with Crippen molar-refractivity contribution in [2.75, 3.05) is 0 Å². The lowest BCUT2D eigenvalue weighted by atomic mass is 10.2. The molecular formula is C13H20N2O4. The highest BCUT2D eigenvalue weighted by atomic mass is 16.6. The number of nitrogens with one attached hydrogen (secondary N) is 1. The second-order valence-electron chi connectivity index (χ2n) is 5.38. The molecule has 0 aromatic carbocycles. The van der Waals surface area contributed by atoms with Gasteiger partial charge < -0.3 is 19.7 Å². The maximum Gasteiger partial charge on any atom is 0.408 e. The Hall–Kier alpha value is -1.98. The Morgan fingerprint density at radius 3 is 2.37 bits per heavy atom. The molecular weight excluding hydrogens is 248 g/mol. The molecule has 6 nitrogen and oxygen atoms in total. The van der Waals surface area contributed by atoms with E-state index in [1.807, 2.05) is 0 Å². The normalized spacial score (nSPS) is 12.9. The monoisotopic (exact) mass is 268 g/mol. The van der Waals surface area contributed by atoms with Crippen LogP contribution in [-0.2, 0) is 11.8 Å². The fraction of sp³-hybridized carbons (Fsp3) is 0.538. The Bertz CT molecular complexity index is 485. The molecule has 0 fully saturated rings. The summed E-state index contributed by atoms with van der Waals surface area (Å²) in [5.74, 6) is -1.00. The molecule has 1 amide bonds. The molecule has 6 heteroatoms. The molecule has 1 unspecified atom stereocenters. The second kappa shape index (κ2) is 5.34. The molecule has 0 spiro atoms. The number of carboxylic acid groups (broad SMARTS) is 1. The van der Waals surface area contributed by atoms with E-state index in [2.05, 4.69) is 5.32 Å². The lowest BCUT2D eigenvalue weighted by molar-refractivity contribution is 0.0506. The van der Waals surface area contributed by atoms with Gasteiger partial charge in [0.15, 0.2) is 0 Å². The summed E-state index contributed by atoms with van der Waals surface area (Å²) in [7, 11) is 1.64. The summed E-state index contributed by atoms with van der Waals surface area (Å²) in [5.41, 5.74) is 0.306. The second-order valence-corrected chi connectivity index (χ2v) is 5.38. The maximum absolute atomic E-state index is 11.6. The van der Waals surface area contributed by atoms with E-state index in [0.29, 0.717) is 5.69 Å². The number of carbonyl (C=O) groups excluding carboxylic acids is 1. The fourth-order valence-corrected chi connectivity index (χ4v) is 1.73. The molecule has 0 aliphatic heterocycles. The predicted octanol–water partition coefficient (Wildman–Crippen LogP) is 2.31. The van der Waals surface area contributed by atoms with Crippen molar-refractivity contribution >= 4 is 12.1 Å². The Morgan fingerprint density at radius 1 is 1.37 bits per heavy atom. The van der Waals surface area contributed by atoms with Crippen LogP contribution >= 0.6 is 0 Å². The van der Waals surface area contributed by atoms with E-state index < -0.39 is 17.7 Å². The van der Waals surface area contributed by atoms with Crippen LogP contribution in [0.15, 0.2) is 12.1 Å². The number of hydrogen-bond acceptors (Lipinski definition) is 3. The van der Waals surface area contributed by atoms with E-state index in [4.69, 9.17) is 9.84 Å². The van der Waals surface area contributed by atoms with Gasteiger partial charge in [-0.1, -0.05) is 0 Å². The minimum absolute atomic E-state index is 0.174. The SMILES string of the molecule is CC(NC(=O)OC(C)(C)C)c1ccc(C(=O)O)n1C. The molecule has 0 aliphatic rings. The first-order valence-corrected chi connectivity index (χ1v) is 6.00. The first kappa shape index (κ1) is 15.1. The quantitative estimate of drug-likeness (QED) is 0.881. The van der Waals surface area contributed by atoms with Crippen LogP contribution < -0.4 is 5.32 Å². The van der Waals surface area contributed by atoms with Crippen LogP contribution in [0.3, 0.4) is 0 Å². The highest BCUT2D eigenvalue weighted by Crippen LogP contribution is 2.16. The zero-order chi connectivity index (χ0) is 14.8. The van der Waals surface area contributed by atoms with E-state index in [-0.39, 0.29) is 11.7 Å². The number of aromatic carboxylic acids is 1. The van der Waals surface area contributed by atoms with Crippen LogP contribution in [0.4, 0.5) is 4.79 Å². The number of ether oxygens (including phenoxy) is 1. The molecule has 2 N–H and O–H groups in total. The summed E-state index contributed by atoms with van der Waals surface area (Å²) in [4.78, 5) is 22.6. The smallest absolute Gasteiger partial charge is 0.408 e. The highest BCUT2D eigenvalue weighted by molar-refractivity contribution is 5.86. The van der Waals surface area contributed by atoms with Crippen molar-refractivity contribution in [1.82, 2.24) is 9.88 Å². The average molecular weight is 268 g/mol. The lowest BCUT2D eigenvalue weighted by Gasteiger charge is -2.22. The van der Waals surface area contributed by atoms with Gasteiger partial charge in [-0.2, -0.15) is 0 Å². The Labute approximate surface area is 112 Å². The van der Waals surface area contributed by atoms with Gasteiger partial charge in [0.05, 0.1) is 6.04 Å². The minimum atomic E-state index is -1.00. The summed E-state index contributed by atoms with van der Waals surface area (Å²) in [6.07, 6.45) is -0.530. The first-order valence-electron chi connectivity index (χ1n) is 6.00. The maximum atomic E-state index is 11.6. The summed E-state index contributed by atoms with van der Waals surface area (Å²) in [5, 5.41) is 11.6. The minimum Gasteiger partial charge on any atom is -0.477 e. The third-order valence-corrected chi connectivity index (χ3v) is 2.56. The van der Waals surface area contributed by atoms with Crippen LogP contribution in [0.25, 0.3) is 0 Å². The molecule has 1 aromatic rings. The number of carboxylic acids is 1. The number of carbonyl (C=O) groups is 2. The van der Waals surface area contributed by atoms with Crippen molar-refractivity contribution in [1.29, 1.82) is 0 Å². The molecule has 106 valence electrons. The molecule has 0 saturated heterocycles. The zero-order valence-corrected chi connectivity index (χ0v) is 11.9. The Kier molecular flexibility index (Phi) is 4.24. The molecule has 0 radical (unpaired) electrons. The van der Waals surface area contributed by atoms with Gasteiger partial charge in [-0.15, -0.1) is 0 Å². The average Bonchev–Trinajstić information content (AvgIpc) is 2.56. The van der Waals surface area contributed by atoms with E-state index in [1.165, 1.54) is 10.6 Å². The Morgan fingerprint density at radius 2 is 1.95 bits per heavy atom. The summed E-state index contributed by atoms with van der Waals surface area (Å²) in [6, 6.07) is 2.84. The number of amides is 1. The van der Waals surface area contributed by atoms with E-state index in [9.17, 15) is 9.59 Å². The standard InChI is InChI=1S/C13H20N2O4/c1-8(14-12(18)19-13(2,3)4)9-6-7-10(11(16)17)15(9)5/h6-8H,1-5H3,(H,14,18)(H,16,17). The van der Waals surface area contributed by atoms with Crippen molar-refractivity contribution in [3.8, 4) is 0 Å². The molecule has 1 rings (SSSR count). The molecule has 0 bridgehead atoms. The Balaban J connectivity index is 2.76. The van der Waals surface area contributed by atoms with Crippen LogP contribution in [0.2, 0.25) is 0 Å². The number of nitrogens with zero attached hydrogens (tertiary/aromatic N) is 1. The topological polar surface area (TPSA) is 80.6 Å². The lowest BCUT2D eigenvalue weighted by Crippen LogP contribution is -2.34. The van der Waals surface area contributed by atoms with Gasteiger partial charge in [0.1, 0.15) is 11.3 Å². The van der Waals surface area contributed by atoms with Gasteiger partial charge in [0.2, 0.25) is 0 Å². The van der Waals surface area contributed by atoms with Gasteiger partial charge in [-0.25, -0.2) is 9.59 Å². The van der Waals surface area contributed by atoms with Crippen LogP contribution in [0.5, 0.6) is 0 Å². The van der Waals surface area contributed by atoms with Crippen molar-refractivity contribution < 1.29 is 19.4 Å². The van der Waals surface area contributed by atoms with Gasteiger partial charge in [0.25, 0.3) is 0 Å². The largest absolute Gasteiger partial charge is 0.477 e. The molecule has 1 heterocycles. The highest BCUT2D eigenvalue weighted by Gasteiger charge is 2.20. The van der Waals surface area contributed by atoms with Gasteiger partial charge >= 0.3 is 12.1 Å². The number of alkyl carbamates (subject to hydrolysis) is 1. The molecule has 1 aromatic heterocycles. The van der Waals surface area contributed by atoms with E-state index >= 15 is 0 Å². The summed E-state index contributed by atoms with van der Waals surface area (Å²) in [6.45, 7) is 7.11. The van der Waals surface area contributed by atoms with Crippen molar-refractivity contribution in [3.63, 3.8) is 0 Å². The third-order valence-electron chi connectivity index (χ3n) is 2.56. The molecule has 1 atom stereocenters. The van der Waals surface area contributed by atoms with E-state index in [1.54, 1.807) is 40.8 Å². The van der Waals surface area contributed by atoms with Crippen LogP contribution in [0.1, 0.15) is 49.9 Å². The van der Waals surface area contributed by atoms with Crippen molar-refractivity contribution in [3.05, 3.63) is 23.5 Å². The number of hydrogen-bond donors (Lipinski definition) is 2. The fourth-order valence-electron chi connectivity index (χ4n) is 1.73. The summed E-state index contributed by atoms with van der Waals surface area (Å²) >= 11 is 0. The van der Waals surface area contributed by atoms with Crippen molar-refractivity contribution in [2.45, 2.75) is 39.3 Å². The van der Waals surface area contributed by atoms with Crippen LogP contribution in [-0.4, -0.2) is 27.3 Å². The third kappa shape index (κ3) is 4.01. The van der Waals surface area contributed by atoms with Gasteiger partial charge in [0, 0.05) is 12.7 Å². The first-order chi connectivity index (χ1) is 8.61.